The zero-order valence-electron chi connectivity index (χ0n) is 15.5. The summed E-state index contributed by atoms with van der Waals surface area (Å²) in [5, 5.41) is 3.41. The fourth-order valence-electron chi connectivity index (χ4n) is 2.78. The first-order valence-corrected chi connectivity index (χ1v) is 8.45. The first kappa shape index (κ1) is 17.9. The minimum absolute atomic E-state index is 0.190. The van der Waals surface area contributed by atoms with E-state index in [0.717, 1.165) is 31.7 Å². The lowest BCUT2D eigenvalue weighted by Gasteiger charge is -2.33. The van der Waals surface area contributed by atoms with Crippen LogP contribution in [0.4, 0.5) is 17.7 Å². The predicted octanol–water partition coefficient (Wildman–Crippen LogP) is 0.826. The molecule has 0 aromatic carbocycles. The van der Waals surface area contributed by atoms with Gasteiger partial charge in [-0.2, -0.15) is 15.0 Å². The molecule has 1 aliphatic heterocycles. The van der Waals surface area contributed by atoms with Crippen molar-refractivity contribution in [1.29, 1.82) is 0 Å². The maximum absolute atomic E-state index is 5.14. The third-order valence-corrected chi connectivity index (χ3v) is 4.08. The molecule has 2 aromatic heterocycles. The van der Waals surface area contributed by atoms with E-state index in [0.29, 0.717) is 11.9 Å². The van der Waals surface area contributed by atoms with Gasteiger partial charge in [0.2, 0.25) is 11.9 Å². The number of ether oxygens (including phenoxy) is 2. The molecular formula is C16H24N8O2. The summed E-state index contributed by atoms with van der Waals surface area (Å²) in [6, 6.07) is 2.55. The van der Waals surface area contributed by atoms with Crippen LogP contribution < -0.4 is 24.6 Å². The van der Waals surface area contributed by atoms with Gasteiger partial charge in [0, 0.05) is 39.4 Å². The number of methoxy groups -OCH3 is 2. The van der Waals surface area contributed by atoms with Gasteiger partial charge >= 0.3 is 12.0 Å². The van der Waals surface area contributed by atoms with Gasteiger partial charge < -0.3 is 24.6 Å². The van der Waals surface area contributed by atoms with Crippen molar-refractivity contribution in [3.8, 4) is 12.0 Å². The largest absolute Gasteiger partial charge is 0.467 e. The molecule has 1 unspecified atom stereocenters. The molecule has 0 bridgehead atoms. The van der Waals surface area contributed by atoms with Crippen LogP contribution in [0.3, 0.4) is 0 Å². The number of rotatable bonds is 6. The molecule has 1 fully saturated rings. The molecule has 1 N–H and O–H groups in total. The van der Waals surface area contributed by atoms with Crippen LogP contribution in [0.2, 0.25) is 0 Å². The molecule has 10 heteroatoms. The van der Waals surface area contributed by atoms with Gasteiger partial charge in [-0.25, -0.2) is 4.98 Å². The highest BCUT2D eigenvalue weighted by Gasteiger charge is 2.24. The third-order valence-electron chi connectivity index (χ3n) is 4.08. The standard InChI is InChI=1S/C16H24N8O2/c1-23(2)12-7-8-17-13(19-12)18-11-6-5-9-24(10-11)14-20-15(25-3)22-16(21-14)26-4/h7-8,11H,5-6,9-10H2,1-4H3,(H,17,18,19). The lowest BCUT2D eigenvalue weighted by Crippen LogP contribution is -2.43. The second-order valence-electron chi connectivity index (χ2n) is 6.17. The normalized spacial score (nSPS) is 16.9. The Morgan fingerprint density at radius 1 is 1.12 bits per heavy atom. The van der Waals surface area contributed by atoms with Crippen LogP contribution in [-0.4, -0.2) is 72.4 Å². The summed E-state index contributed by atoms with van der Waals surface area (Å²) in [6.45, 7) is 1.58. The predicted molar refractivity (Wildman–Crippen MR) is 98.1 cm³/mol. The molecule has 10 nitrogen and oxygen atoms in total. The Kier molecular flexibility index (Phi) is 5.49. The van der Waals surface area contributed by atoms with Crippen LogP contribution in [-0.2, 0) is 0 Å². The summed E-state index contributed by atoms with van der Waals surface area (Å²) < 4.78 is 10.3. The smallest absolute Gasteiger partial charge is 0.324 e. The fraction of sp³-hybridized carbons (Fsp3) is 0.562. The lowest BCUT2D eigenvalue weighted by atomic mass is 10.1. The Hall–Kier alpha value is -2.91. The minimum atomic E-state index is 0.190. The summed E-state index contributed by atoms with van der Waals surface area (Å²) in [5.41, 5.74) is 0. The first-order valence-electron chi connectivity index (χ1n) is 8.45. The van der Waals surface area contributed by atoms with Gasteiger partial charge in [-0.1, -0.05) is 0 Å². The molecule has 0 amide bonds. The van der Waals surface area contributed by atoms with Gasteiger partial charge in [0.1, 0.15) is 5.82 Å². The number of hydrogen-bond donors (Lipinski definition) is 1. The lowest BCUT2D eigenvalue weighted by molar-refractivity contribution is 0.339. The van der Waals surface area contributed by atoms with Crippen LogP contribution in [0, 0.1) is 0 Å². The second kappa shape index (κ2) is 7.98. The van der Waals surface area contributed by atoms with Crippen molar-refractivity contribution in [3.05, 3.63) is 12.3 Å². The molecular weight excluding hydrogens is 336 g/mol. The summed E-state index contributed by atoms with van der Waals surface area (Å²) >= 11 is 0. The summed E-state index contributed by atoms with van der Waals surface area (Å²) in [4.78, 5) is 25.6. The molecule has 26 heavy (non-hydrogen) atoms. The van der Waals surface area contributed by atoms with Crippen molar-refractivity contribution >= 4 is 17.7 Å². The molecule has 1 aliphatic rings. The number of anilines is 3. The highest BCUT2D eigenvalue weighted by Crippen LogP contribution is 2.21. The molecule has 1 saturated heterocycles. The molecule has 1 atom stereocenters. The van der Waals surface area contributed by atoms with Gasteiger partial charge in [0.15, 0.2) is 0 Å². The minimum Gasteiger partial charge on any atom is -0.467 e. The van der Waals surface area contributed by atoms with Gasteiger partial charge in [0.05, 0.1) is 14.2 Å². The number of nitrogens with zero attached hydrogens (tertiary/aromatic N) is 7. The Labute approximate surface area is 152 Å². The Morgan fingerprint density at radius 3 is 2.50 bits per heavy atom. The quantitative estimate of drug-likeness (QED) is 0.797. The van der Waals surface area contributed by atoms with Crippen LogP contribution in [0.5, 0.6) is 12.0 Å². The highest BCUT2D eigenvalue weighted by molar-refractivity contribution is 5.42. The van der Waals surface area contributed by atoms with E-state index < -0.39 is 0 Å². The van der Waals surface area contributed by atoms with E-state index in [2.05, 4.69) is 35.1 Å². The molecule has 0 saturated carbocycles. The zero-order chi connectivity index (χ0) is 18.5. The Bertz CT molecular complexity index is 720. The van der Waals surface area contributed by atoms with Gasteiger partial charge in [-0.3, -0.25) is 0 Å². The molecule has 0 aliphatic carbocycles. The monoisotopic (exact) mass is 360 g/mol. The van der Waals surface area contributed by atoms with Gasteiger partial charge in [0.25, 0.3) is 0 Å². The van der Waals surface area contributed by atoms with Crippen molar-refractivity contribution in [2.45, 2.75) is 18.9 Å². The average Bonchev–Trinajstić information content (AvgIpc) is 2.68. The van der Waals surface area contributed by atoms with Crippen LogP contribution in [0.1, 0.15) is 12.8 Å². The van der Waals surface area contributed by atoms with E-state index in [1.54, 1.807) is 6.20 Å². The molecule has 140 valence electrons. The van der Waals surface area contributed by atoms with Crippen LogP contribution >= 0.6 is 0 Å². The molecule has 3 rings (SSSR count). The fourth-order valence-corrected chi connectivity index (χ4v) is 2.78. The summed E-state index contributed by atoms with van der Waals surface area (Å²) in [7, 11) is 6.95. The van der Waals surface area contributed by atoms with E-state index in [9.17, 15) is 0 Å². The first-order chi connectivity index (χ1) is 12.6. The molecule has 0 radical (unpaired) electrons. The molecule has 3 heterocycles. The Balaban J connectivity index is 1.72. The van der Waals surface area contributed by atoms with E-state index >= 15 is 0 Å². The number of piperidine rings is 1. The second-order valence-corrected chi connectivity index (χ2v) is 6.17. The van der Waals surface area contributed by atoms with E-state index in [4.69, 9.17) is 9.47 Å². The number of aromatic nitrogens is 5. The number of nitrogens with one attached hydrogen (secondary N) is 1. The highest BCUT2D eigenvalue weighted by atomic mass is 16.5. The maximum Gasteiger partial charge on any atom is 0.324 e. The van der Waals surface area contributed by atoms with E-state index in [1.165, 1.54) is 14.2 Å². The average molecular weight is 360 g/mol. The van der Waals surface area contributed by atoms with Crippen molar-refractivity contribution in [3.63, 3.8) is 0 Å². The van der Waals surface area contributed by atoms with Crippen LogP contribution in [0.25, 0.3) is 0 Å². The Morgan fingerprint density at radius 2 is 1.85 bits per heavy atom. The van der Waals surface area contributed by atoms with Crippen molar-refractivity contribution in [2.24, 2.45) is 0 Å². The summed E-state index contributed by atoms with van der Waals surface area (Å²) in [6.07, 6.45) is 3.78. The van der Waals surface area contributed by atoms with Crippen LogP contribution in [0.15, 0.2) is 12.3 Å². The molecule has 2 aromatic rings. The SMILES string of the molecule is COc1nc(OC)nc(N2CCCC(Nc3nccc(N(C)C)n3)C2)n1. The van der Waals surface area contributed by atoms with Crippen molar-refractivity contribution in [2.75, 3.05) is 56.5 Å². The topological polar surface area (TPSA) is 101 Å². The zero-order valence-corrected chi connectivity index (χ0v) is 15.5. The van der Waals surface area contributed by atoms with E-state index in [1.807, 2.05) is 25.1 Å². The third kappa shape index (κ3) is 4.19. The van der Waals surface area contributed by atoms with Gasteiger partial charge in [-0.05, 0) is 18.9 Å². The van der Waals surface area contributed by atoms with E-state index in [-0.39, 0.29) is 18.1 Å². The number of hydrogen-bond acceptors (Lipinski definition) is 10. The molecule has 0 spiro atoms. The van der Waals surface area contributed by atoms with Gasteiger partial charge in [-0.15, -0.1) is 4.98 Å². The maximum atomic E-state index is 5.14. The van der Waals surface area contributed by atoms with Crippen molar-refractivity contribution in [1.82, 2.24) is 24.9 Å². The summed E-state index contributed by atoms with van der Waals surface area (Å²) in [5.74, 6) is 2.03. The van der Waals surface area contributed by atoms with Crippen molar-refractivity contribution < 1.29 is 9.47 Å².